The molecule has 0 spiro atoms. The second-order valence-corrected chi connectivity index (χ2v) is 12.0. The van der Waals surface area contributed by atoms with Crippen LogP contribution >= 0.6 is 0 Å². The number of amides is 2. The highest BCUT2D eigenvalue weighted by Crippen LogP contribution is 2.25. The summed E-state index contributed by atoms with van der Waals surface area (Å²) in [4.78, 5) is 28.9. The molecule has 1 fully saturated rings. The van der Waals surface area contributed by atoms with Crippen LogP contribution in [0.2, 0.25) is 0 Å². The lowest BCUT2D eigenvalue weighted by Gasteiger charge is -2.31. The summed E-state index contributed by atoms with van der Waals surface area (Å²) < 4.78 is 57.3. The molecule has 3 aromatic carbocycles. The molecule has 1 heterocycles. The molecule has 1 N–H and O–H groups in total. The van der Waals surface area contributed by atoms with Gasteiger partial charge in [0, 0.05) is 39.4 Å². The zero-order chi connectivity index (χ0) is 31.4. The van der Waals surface area contributed by atoms with E-state index in [1.54, 1.807) is 36.4 Å². The summed E-state index contributed by atoms with van der Waals surface area (Å²) in [7, 11) is -3.68. The predicted octanol–water partition coefficient (Wildman–Crippen LogP) is 3.54. The van der Waals surface area contributed by atoms with Crippen molar-refractivity contribution in [3.05, 3.63) is 95.8 Å². The Labute approximate surface area is 257 Å². The highest BCUT2D eigenvalue weighted by Gasteiger charge is 2.32. The number of ether oxygens (including phenoxy) is 3. The van der Waals surface area contributed by atoms with Crippen LogP contribution in [0.5, 0.6) is 5.75 Å². The van der Waals surface area contributed by atoms with Gasteiger partial charge < -0.3 is 24.4 Å². The Morgan fingerprint density at radius 1 is 1.00 bits per heavy atom. The lowest BCUT2D eigenvalue weighted by atomic mass is 10.0. The summed E-state index contributed by atoms with van der Waals surface area (Å²) >= 11 is 0. The normalized spacial score (nSPS) is 14.5. The largest absolute Gasteiger partial charge is 0.484 e. The maximum atomic E-state index is 13.8. The summed E-state index contributed by atoms with van der Waals surface area (Å²) in [6, 6.07) is 19.5. The third-order valence-corrected chi connectivity index (χ3v) is 8.94. The van der Waals surface area contributed by atoms with Gasteiger partial charge in [-0.1, -0.05) is 42.5 Å². The average molecular weight is 628 g/mol. The number of carbonyl (C=O) groups excluding carboxylic acids is 2. The Kier molecular flexibility index (Phi) is 12.2. The smallest absolute Gasteiger partial charge is 0.261 e. The number of hydrogen-bond donors (Lipinski definition) is 1. The molecule has 10 nitrogen and oxygen atoms in total. The fourth-order valence-electron chi connectivity index (χ4n) is 4.72. The van der Waals surface area contributed by atoms with E-state index >= 15 is 0 Å². The van der Waals surface area contributed by atoms with Crippen molar-refractivity contribution in [3.63, 3.8) is 0 Å². The molecule has 44 heavy (non-hydrogen) atoms. The van der Waals surface area contributed by atoms with Gasteiger partial charge in [-0.25, -0.2) is 12.8 Å². The van der Waals surface area contributed by atoms with Crippen LogP contribution in [0.25, 0.3) is 0 Å². The number of nitrogens with zero attached hydrogens (tertiary/aromatic N) is 2. The zero-order valence-corrected chi connectivity index (χ0v) is 25.5. The van der Waals surface area contributed by atoms with E-state index in [0.717, 1.165) is 0 Å². The van der Waals surface area contributed by atoms with Gasteiger partial charge in [0.15, 0.2) is 6.61 Å². The summed E-state index contributed by atoms with van der Waals surface area (Å²) in [5.74, 6) is -0.989. The topological polar surface area (TPSA) is 114 Å². The Morgan fingerprint density at radius 3 is 2.34 bits per heavy atom. The van der Waals surface area contributed by atoms with Crippen molar-refractivity contribution in [2.45, 2.75) is 30.8 Å². The van der Waals surface area contributed by atoms with Crippen LogP contribution in [0.3, 0.4) is 0 Å². The van der Waals surface area contributed by atoms with Crippen molar-refractivity contribution in [2.75, 3.05) is 52.7 Å². The molecule has 1 aliphatic rings. The minimum atomic E-state index is -3.68. The SMILES string of the molecule is CCOCCCNC(=O)C(c1ccccc1)N(Cc1ccc(F)cc1)C(=O)COc1ccc(S(=O)(=O)N2CCOCC2)cc1. The number of morpholine rings is 1. The number of nitrogens with one attached hydrogen (secondary N) is 1. The van der Waals surface area contributed by atoms with Crippen molar-refractivity contribution in [1.82, 2.24) is 14.5 Å². The summed E-state index contributed by atoms with van der Waals surface area (Å²) in [5, 5.41) is 2.91. The van der Waals surface area contributed by atoms with Gasteiger partial charge in [0.05, 0.1) is 18.1 Å². The van der Waals surface area contributed by atoms with E-state index in [4.69, 9.17) is 14.2 Å². The molecule has 2 amide bonds. The molecule has 0 aromatic heterocycles. The van der Waals surface area contributed by atoms with E-state index in [2.05, 4.69) is 5.32 Å². The Hall–Kier alpha value is -3.84. The van der Waals surface area contributed by atoms with Gasteiger partial charge in [-0.15, -0.1) is 0 Å². The van der Waals surface area contributed by atoms with Crippen molar-refractivity contribution in [3.8, 4) is 5.75 Å². The molecular weight excluding hydrogens is 589 g/mol. The van der Waals surface area contributed by atoms with Gasteiger partial charge in [0.2, 0.25) is 15.9 Å². The fraction of sp³-hybridized carbons (Fsp3) is 0.375. The van der Waals surface area contributed by atoms with Crippen LogP contribution in [-0.4, -0.2) is 82.1 Å². The lowest BCUT2D eigenvalue weighted by molar-refractivity contribution is -0.143. The predicted molar refractivity (Wildman–Crippen MR) is 162 cm³/mol. The van der Waals surface area contributed by atoms with E-state index in [1.807, 2.05) is 13.0 Å². The Bertz CT molecular complexity index is 1450. The summed E-state index contributed by atoms with van der Waals surface area (Å²) in [6.45, 7) is 4.16. The number of benzene rings is 3. The van der Waals surface area contributed by atoms with E-state index < -0.39 is 34.4 Å². The average Bonchev–Trinajstić information content (AvgIpc) is 3.05. The maximum absolute atomic E-state index is 13.8. The summed E-state index contributed by atoms with van der Waals surface area (Å²) in [6.07, 6.45) is 0.605. The number of hydrogen-bond acceptors (Lipinski definition) is 7. The van der Waals surface area contributed by atoms with Crippen LogP contribution in [0, 0.1) is 5.82 Å². The van der Waals surface area contributed by atoms with Crippen LogP contribution in [0.4, 0.5) is 4.39 Å². The number of sulfonamides is 1. The quantitative estimate of drug-likeness (QED) is 0.257. The van der Waals surface area contributed by atoms with E-state index in [0.29, 0.717) is 50.5 Å². The minimum absolute atomic E-state index is 0.0190. The van der Waals surface area contributed by atoms with Crippen LogP contribution in [-0.2, 0) is 35.6 Å². The summed E-state index contributed by atoms with van der Waals surface area (Å²) in [5.41, 5.74) is 1.23. The molecular formula is C32H38FN3O7S. The van der Waals surface area contributed by atoms with Crippen LogP contribution in [0.15, 0.2) is 83.8 Å². The van der Waals surface area contributed by atoms with Gasteiger partial charge >= 0.3 is 0 Å². The zero-order valence-electron chi connectivity index (χ0n) is 24.7. The standard InChI is InChI=1S/C32H38FN3O7S/c1-2-41-20-6-17-34-32(38)31(26-7-4-3-5-8-26)36(23-25-9-11-27(33)12-10-25)30(37)24-43-28-13-15-29(16-14-28)44(39,40)35-18-21-42-22-19-35/h3-5,7-16,31H,2,6,17-24H2,1H3,(H,34,38). The first kappa shape index (κ1) is 33.1. The molecule has 0 radical (unpaired) electrons. The van der Waals surface area contributed by atoms with Gasteiger partial charge in [-0.3, -0.25) is 9.59 Å². The molecule has 12 heteroatoms. The molecule has 1 unspecified atom stereocenters. The van der Waals surface area contributed by atoms with Crippen molar-refractivity contribution >= 4 is 21.8 Å². The first-order valence-electron chi connectivity index (χ1n) is 14.5. The van der Waals surface area contributed by atoms with Crippen LogP contribution in [0.1, 0.15) is 30.5 Å². The van der Waals surface area contributed by atoms with Crippen molar-refractivity contribution in [1.29, 1.82) is 0 Å². The third-order valence-electron chi connectivity index (χ3n) is 7.02. The van der Waals surface area contributed by atoms with Gasteiger partial charge in [-0.2, -0.15) is 4.31 Å². The third kappa shape index (κ3) is 9.08. The van der Waals surface area contributed by atoms with Gasteiger partial charge in [0.1, 0.15) is 17.6 Å². The second-order valence-electron chi connectivity index (χ2n) is 10.1. The monoisotopic (exact) mass is 627 g/mol. The molecule has 0 aliphatic carbocycles. The van der Waals surface area contributed by atoms with Gasteiger partial charge in [-0.05, 0) is 60.9 Å². The van der Waals surface area contributed by atoms with E-state index in [1.165, 1.54) is 45.6 Å². The molecule has 1 saturated heterocycles. The lowest BCUT2D eigenvalue weighted by Crippen LogP contribution is -2.45. The van der Waals surface area contributed by atoms with Crippen LogP contribution < -0.4 is 10.1 Å². The Balaban J connectivity index is 1.53. The highest BCUT2D eigenvalue weighted by molar-refractivity contribution is 7.89. The molecule has 0 saturated carbocycles. The molecule has 236 valence electrons. The maximum Gasteiger partial charge on any atom is 0.261 e. The molecule has 4 rings (SSSR count). The first-order valence-corrected chi connectivity index (χ1v) is 16.0. The highest BCUT2D eigenvalue weighted by atomic mass is 32.2. The number of carbonyl (C=O) groups is 2. The van der Waals surface area contributed by atoms with Gasteiger partial charge in [0.25, 0.3) is 5.91 Å². The minimum Gasteiger partial charge on any atom is -0.484 e. The van der Waals surface area contributed by atoms with E-state index in [9.17, 15) is 22.4 Å². The van der Waals surface area contributed by atoms with Crippen molar-refractivity contribution < 1.29 is 36.6 Å². The molecule has 1 atom stereocenters. The molecule has 3 aromatic rings. The first-order chi connectivity index (χ1) is 21.3. The number of halogens is 1. The van der Waals surface area contributed by atoms with E-state index in [-0.39, 0.29) is 36.2 Å². The molecule has 1 aliphatic heterocycles. The molecule has 0 bridgehead atoms. The fourth-order valence-corrected chi connectivity index (χ4v) is 6.12. The van der Waals surface area contributed by atoms with Crippen molar-refractivity contribution in [2.24, 2.45) is 0 Å². The second kappa shape index (κ2) is 16.3. The Morgan fingerprint density at radius 2 is 1.68 bits per heavy atom. The number of rotatable bonds is 15.